The number of nitrogens with one attached hydrogen (secondary N) is 2. The van der Waals surface area contributed by atoms with Crippen LogP contribution < -0.4 is 10.1 Å². The number of fused-ring (bicyclic) bond motifs is 2. The number of halogens is 2. The molecule has 2 aromatic carbocycles. The summed E-state index contributed by atoms with van der Waals surface area (Å²) in [5.74, 6) is 1.93. The molecular weight excluding hydrogens is 422 g/mol. The molecule has 0 amide bonds. The van der Waals surface area contributed by atoms with Gasteiger partial charge < -0.3 is 15.0 Å². The van der Waals surface area contributed by atoms with Crippen LogP contribution in [-0.4, -0.2) is 23.1 Å². The van der Waals surface area contributed by atoms with Crippen molar-refractivity contribution in [2.75, 3.05) is 13.2 Å². The first-order valence-corrected chi connectivity index (χ1v) is 7.23. The van der Waals surface area contributed by atoms with Gasteiger partial charge in [-0.15, -0.1) is 34.0 Å². The first kappa shape index (κ1) is 18.0. The van der Waals surface area contributed by atoms with Gasteiger partial charge in [-0.3, -0.25) is 0 Å². The Hall–Kier alpha value is -1.37. The van der Waals surface area contributed by atoms with Crippen molar-refractivity contribution in [1.29, 1.82) is 0 Å². The van der Waals surface area contributed by atoms with Crippen molar-refractivity contribution in [3.8, 4) is 16.9 Å². The Kier molecular flexibility index (Phi) is 5.84. The lowest BCUT2D eigenvalue weighted by molar-refractivity contribution is 0.326. The van der Waals surface area contributed by atoms with Gasteiger partial charge in [0.05, 0.1) is 11.0 Å². The van der Waals surface area contributed by atoms with E-state index in [-0.39, 0.29) is 34.0 Å². The SMILES string of the molecule is Br.Br.Cc1nc2ccc(-c3ccc4c(c3)CNCCO4)cc2[nH]1. The molecule has 3 aromatic rings. The Bertz CT molecular complexity index is 817. The number of benzene rings is 2. The molecule has 2 N–H and O–H groups in total. The van der Waals surface area contributed by atoms with E-state index in [9.17, 15) is 0 Å². The minimum atomic E-state index is 0. The van der Waals surface area contributed by atoms with E-state index >= 15 is 0 Å². The van der Waals surface area contributed by atoms with E-state index in [1.54, 1.807) is 0 Å². The lowest BCUT2D eigenvalue weighted by Crippen LogP contribution is -2.16. The lowest BCUT2D eigenvalue weighted by atomic mass is 10.0. The summed E-state index contributed by atoms with van der Waals surface area (Å²) in [4.78, 5) is 7.74. The molecule has 122 valence electrons. The van der Waals surface area contributed by atoms with Crippen LogP contribution in [0, 0.1) is 6.92 Å². The molecule has 0 spiro atoms. The molecular formula is C17H19Br2N3O. The maximum atomic E-state index is 5.73. The number of hydrogen-bond donors (Lipinski definition) is 2. The molecule has 0 saturated heterocycles. The average molecular weight is 441 g/mol. The zero-order valence-electron chi connectivity index (χ0n) is 12.8. The van der Waals surface area contributed by atoms with Crippen molar-refractivity contribution >= 4 is 45.0 Å². The fourth-order valence-electron chi connectivity index (χ4n) is 2.81. The number of hydrogen-bond acceptors (Lipinski definition) is 3. The average Bonchev–Trinajstić information content (AvgIpc) is 2.71. The summed E-state index contributed by atoms with van der Waals surface area (Å²) >= 11 is 0. The summed E-state index contributed by atoms with van der Waals surface area (Å²) in [7, 11) is 0. The third-order valence-corrected chi connectivity index (χ3v) is 3.85. The molecule has 0 fully saturated rings. The highest BCUT2D eigenvalue weighted by Gasteiger charge is 2.10. The highest BCUT2D eigenvalue weighted by Crippen LogP contribution is 2.29. The van der Waals surface area contributed by atoms with Gasteiger partial charge in [0.1, 0.15) is 18.2 Å². The van der Waals surface area contributed by atoms with Gasteiger partial charge >= 0.3 is 0 Å². The molecule has 4 nitrogen and oxygen atoms in total. The van der Waals surface area contributed by atoms with Crippen LogP contribution in [0.15, 0.2) is 36.4 Å². The third-order valence-electron chi connectivity index (χ3n) is 3.85. The highest BCUT2D eigenvalue weighted by atomic mass is 79.9. The Morgan fingerprint density at radius 3 is 2.70 bits per heavy atom. The standard InChI is InChI=1S/C17H17N3O.2BrH/c1-11-19-15-4-2-13(9-16(15)20-11)12-3-5-17-14(8-12)10-18-6-7-21-17;;/h2-5,8-9,18H,6-7,10H2,1H3,(H,19,20);2*1H. The molecule has 0 unspecified atom stereocenters. The molecule has 2 heterocycles. The van der Waals surface area contributed by atoms with E-state index < -0.39 is 0 Å². The number of imidazole rings is 1. The second kappa shape index (κ2) is 7.47. The van der Waals surface area contributed by atoms with Crippen LogP contribution in [0.2, 0.25) is 0 Å². The van der Waals surface area contributed by atoms with Crippen molar-refractivity contribution in [3.05, 3.63) is 47.8 Å². The van der Waals surface area contributed by atoms with Gasteiger partial charge in [0, 0.05) is 18.7 Å². The highest BCUT2D eigenvalue weighted by molar-refractivity contribution is 8.93. The van der Waals surface area contributed by atoms with E-state index in [1.807, 2.05) is 6.92 Å². The molecule has 1 aliphatic heterocycles. The second-order valence-electron chi connectivity index (χ2n) is 5.40. The van der Waals surface area contributed by atoms with Crippen LogP contribution in [-0.2, 0) is 6.54 Å². The van der Waals surface area contributed by atoms with Gasteiger partial charge in [0.15, 0.2) is 0 Å². The number of rotatable bonds is 1. The van der Waals surface area contributed by atoms with E-state index in [4.69, 9.17) is 4.74 Å². The van der Waals surface area contributed by atoms with Gasteiger partial charge in [-0.2, -0.15) is 0 Å². The summed E-state index contributed by atoms with van der Waals surface area (Å²) in [6.07, 6.45) is 0. The van der Waals surface area contributed by atoms with Crippen molar-refractivity contribution in [2.24, 2.45) is 0 Å². The van der Waals surface area contributed by atoms with Crippen LogP contribution in [0.1, 0.15) is 11.4 Å². The summed E-state index contributed by atoms with van der Waals surface area (Å²) in [6.45, 7) is 4.45. The van der Waals surface area contributed by atoms with E-state index in [1.165, 1.54) is 16.7 Å². The molecule has 0 atom stereocenters. The number of aromatic nitrogens is 2. The number of aryl methyl sites for hydroxylation is 1. The summed E-state index contributed by atoms with van der Waals surface area (Å²) < 4.78 is 5.73. The molecule has 1 aliphatic rings. The van der Waals surface area contributed by atoms with E-state index in [0.717, 1.165) is 42.3 Å². The second-order valence-corrected chi connectivity index (χ2v) is 5.40. The Morgan fingerprint density at radius 2 is 1.83 bits per heavy atom. The maximum absolute atomic E-state index is 5.73. The third kappa shape index (κ3) is 3.59. The monoisotopic (exact) mass is 439 g/mol. The molecule has 0 bridgehead atoms. The molecule has 0 aliphatic carbocycles. The van der Waals surface area contributed by atoms with Gasteiger partial charge in [0.25, 0.3) is 0 Å². The maximum Gasteiger partial charge on any atom is 0.123 e. The number of ether oxygens (including phenoxy) is 1. The van der Waals surface area contributed by atoms with Gasteiger partial charge in [-0.25, -0.2) is 4.98 Å². The molecule has 23 heavy (non-hydrogen) atoms. The normalized spacial score (nSPS) is 13.3. The van der Waals surface area contributed by atoms with Gasteiger partial charge in [-0.1, -0.05) is 12.1 Å². The van der Waals surface area contributed by atoms with Gasteiger partial charge in [0.2, 0.25) is 0 Å². The van der Waals surface area contributed by atoms with Crippen molar-refractivity contribution in [1.82, 2.24) is 15.3 Å². The number of H-pyrrole nitrogens is 1. The summed E-state index contributed by atoms with van der Waals surface area (Å²) in [6, 6.07) is 12.7. The smallest absolute Gasteiger partial charge is 0.123 e. The molecule has 1 aromatic heterocycles. The molecule has 6 heteroatoms. The Morgan fingerprint density at radius 1 is 1.04 bits per heavy atom. The van der Waals surface area contributed by atoms with Crippen molar-refractivity contribution in [3.63, 3.8) is 0 Å². The van der Waals surface area contributed by atoms with Crippen LogP contribution in [0.5, 0.6) is 5.75 Å². The topological polar surface area (TPSA) is 49.9 Å². The van der Waals surface area contributed by atoms with Gasteiger partial charge in [-0.05, 0) is 42.3 Å². The van der Waals surface area contributed by atoms with Crippen LogP contribution in [0.3, 0.4) is 0 Å². The molecule has 4 rings (SSSR count). The Labute approximate surface area is 156 Å². The fourth-order valence-corrected chi connectivity index (χ4v) is 2.81. The van der Waals surface area contributed by atoms with E-state index in [0.29, 0.717) is 0 Å². The van der Waals surface area contributed by atoms with Crippen LogP contribution >= 0.6 is 34.0 Å². The zero-order valence-corrected chi connectivity index (χ0v) is 16.2. The largest absolute Gasteiger partial charge is 0.492 e. The quantitative estimate of drug-likeness (QED) is 0.596. The molecule has 0 saturated carbocycles. The van der Waals surface area contributed by atoms with Crippen LogP contribution in [0.4, 0.5) is 0 Å². The minimum absolute atomic E-state index is 0. The predicted octanol–water partition coefficient (Wildman–Crippen LogP) is 4.18. The first-order chi connectivity index (χ1) is 10.3. The van der Waals surface area contributed by atoms with Crippen LogP contribution in [0.25, 0.3) is 22.2 Å². The lowest BCUT2D eigenvalue weighted by Gasteiger charge is -2.09. The summed E-state index contributed by atoms with van der Waals surface area (Å²) in [5.41, 5.74) is 5.70. The zero-order chi connectivity index (χ0) is 14.2. The minimum Gasteiger partial charge on any atom is -0.492 e. The Balaban J connectivity index is 0.000000960. The number of aromatic amines is 1. The summed E-state index contributed by atoms with van der Waals surface area (Å²) in [5, 5.41) is 3.37. The van der Waals surface area contributed by atoms with Crippen molar-refractivity contribution < 1.29 is 4.74 Å². The molecule has 0 radical (unpaired) electrons. The van der Waals surface area contributed by atoms with Crippen molar-refractivity contribution in [2.45, 2.75) is 13.5 Å². The first-order valence-electron chi connectivity index (χ1n) is 7.23. The fraction of sp³-hybridized carbons (Fsp3) is 0.235. The van der Waals surface area contributed by atoms with E-state index in [2.05, 4.69) is 51.7 Å². The predicted molar refractivity (Wildman–Crippen MR) is 104 cm³/mol. The number of nitrogens with zero attached hydrogens (tertiary/aromatic N) is 1.